The second-order valence-corrected chi connectivity index (χ2v) is 2.30. The van der Waals surface area contributed by atoms with Gasteiger partial charge in [0.05, 0.1) is 0 Å². The summed E-state index contributed by atoms with van der Waals surface area (Å²) in [5.74, 6) is 0. The van der Waals surface area contributed by atoms with Crippen molar-refractivity contribution in [1.29, 1.82) is 0 Å². The third-order valence-electron chi connectivity index (χ3n) is 1.04. The molecule has 1 heterocycles. The molecular formula is C6H6N2OS. The van der Waals surface area contributed by atoms with Crippen LogP contribution >= 0.6 is 0 Å². The van der Waals surface area contributed by atoms with E-state index in [0.29, 0.717) is 5.56 Å². The summed E-state index contributed by atoms with van der Waals surface area (Å²) in [6, 6.07) is 3.48. The fraction of sp³-hybridized carbons (Fsp3) is 0. The molecule has 10 heavy (non-hydrogen) atoms. The van der Waals surface area contributed by atoms with Gasteiger partial charge in [-0.15, -0.1) is 0 Å². The van der Waals surface area contributed by atoms with Gasteiger partial charge in [-0.25, -0.2) is 4.21 Å². The van der Waals surface area contributed by atoms with Gasteiger partial charge in [-0.05, 0) is 12.1 Å². The van der Waals surface area contributed by atoms with Crippen LogP contribution in [0.3, 0.4) is 0 Å². The van der Waals surface area contributed by atoms with E-state index in [1.807, 2.05) is 0 Å². The van der Waals surface area contributed by atoms with Gasteiger partial charge in [0.25, 0.3) is 0 Å². The average molecular weight is 154 g/mol. The third-order valence-corrected chi connectivity index (χ3v) is 1.45. The van der Waals surface area contributed by atoms with Crippen LogP contribution < -0.4 is 5.73 Å². The predicted octanol–water partition coefficient (Wildman–Crippen LogP) is -0.269. The average Bonchev–Trinajstić information content (AvgIpc) is 2.05. The van der Waals surface area contributed by atoms with E-state index in [1.165, 1.54) is 0 Å². The number of hydrogen-bond acceptors (Lipinski definition) is 2. The van der Waals surface area contributed by atoms with Crippen LogP contribution in [0, 0.1) is 0 Å². The Hall–Kier alpha value is -1.00. The predicted molar refractivity (Wildman–Crippen MR) is 40.7 cm³/mol. The van der Waals surface area contributed by atoms with Crippen molar-refractivity contribution in [2.45, 2.75) is 0 Å². The normalized spacial score (nSPS) is 8.90. The zero-order valence-electron chi connectivity index (χ0n) is 5.15. The lowest BCUT2D eigenvalue weighted by atomic mass is 10.3. The molecule has 0 aliphatic carbocycles. The number of pyridine rings is 1. The van der Waals surface area contributed by atoms with Gasteiger partial charge in [-0.3, -0.25) is 10.7 Å². The first kappa shape index (κ1) is 7.11. The lowest BCUT2D eigenvalue weighted by Gasteiger charge is -1.91. The summed E-state index contributed by atoms with van der Waals surface area (Å²) in [6.45, 7) is 0. The Balaban J connectivity index is 3.08. The van der Waals surface area contributed by atoms with Crippen molar-refractivity contribution in [2.75, 3.05) is 0 Å². The Morgan fingerprint density at radius 2 is 2.50 bits per heavy atom. The molecule has 0 fully saturated rings. The molecule has 0 amide bonds. The maximum atomic E-state index is 10.2. The fourth-order valence-electron chi connectivity index (χ4n) is 0.557. The van der Waals surface area contributed by atoms with Gasteiger partial charge in [0.2, 0.25) is 0 Å². The molecular weight excluding hydrogens is 148 g/mol. The van der Waals surface area contributed by atoms with Crippen LogP contribution in [-0.4, -0.2) is 14.2 Å². The molecule has 1 rings (SSSR count). The van der Waals surface area contributed by atoms with Crippen molar-refractivity contribution in [3.63, 3.8) is 0 Å². The zero-order valence-corrected chi connectivity index (χ0v) is 5.97. The summed E-state index contributed by atoms with van der Waals surface area (Å²) in [7, 11) is 0. The third kappa shape index (κ3) is 1.49. The molecule has 1 aromatic heterocycles. The maximum absolute atomic E-state index is 10.2. The minimum absolute atomic E-state index is 0.258. The number of nitrogens with zero attached hydrogens (tertiary/aromatic N) is 1. The summed E-state index contributed by atoms with van der Waals surface area (Å²) in [5, 5.41) is 0. The molecule has 0 aliphatic heterocycles. The summed E-state index contributed by atoms with van der Waals surface area (Å²) in [6.07, 6.45) is 3.19. The van der Waals surface area contributed by atoms with Crippen molar-refractivity contribution in [3.05, 3.63) is 30.1 Å². The van der Waals surface area contributed by atoms with Gasteiger partial charge in [0.15, 0.2) is 0 Å². The van der Waals surface area contributed by atoms with Crippen molar-refractivity contribution in [2.24, 2.45) is 5.73 Å². The molecule has 0 unspecified atom stereocenters. The van der Waals surface area contributed by atoms with E-state index in [4.69, 9.17) is 5.73 Å². The van der Waals surface area contributed by atoms with Crippen molar-refractivity contribution < 1.29 is 4.21 Å². The minimum Gasteiger partial charge on any atom is -0.291 e. The molecule has 0 atom stereocenters. The molecule has 0 radical (unpaired) electrons. The first-order valence-corrected chi connectivity index (χ1v) is 3.41. The van der Waals surface area contributed by atoms with Gasteiger partial charge >= 0.3 is 0 Å². The summed E-state index contributed by atoms with van der Waals surface area (Å²) < 4.78 is 10.2. The first-order chi connectivity index (χ1) is 4.84. The second-order valence-electron chi connectivity index (χ2n) is 1.69. The highest BCUT2D eigenvalue weighted by atomic mass is 32.1. The Morgan fingerprint density at radius 1 is 1.70 bits per heavy atom. The molecule has 0 spiro atoms. The van der Waals surface area contributed by atoms with Gasteiger partial charge in [-0.1, -0.05) is 0 Å². The number of hydrogen-bond donors (Lipinski definition) is 1. The molecule has 4 heteroatoms. The Morgan fingerprint density at radius 3 is 3.00 bits per heavy atom. The molecule has 3 nitrogen and oxygen atoms in total. The van der Waals surface area contributed by atoms with Crippen molar-refractivity contribution in [1.82, 2.24) is 4.98 Å². The molecule has 0 saturated heterocycles. The van der Waals surface area contributed by atoms with Crippen molar-refractivity contribution >= 4 is 16.2 Å². The van der Waals surface area contributed by atoms with Crippen LogP contribution in [0.2, 0.25) is 0 Å². The zero-order chi connectivity index (χ0) is 7.40. The Bertz CT molecular complexity index is 266. The van der Waals surface area contributed by atoms with E-state index in [0.717, 1.165) is 0 Å². The Kier molecular flexibility index (Phi) is 2.30. The molecule has 2 N–H and O–H groups in total. The quantitative estimate of drug-likeness (QED) is 0.566. The summed E-state index contributed by atoms with van der Waals surface area (Å²) >= 11 is 0.282. The molecule has 0 saturated carbocycles. The SMILES string of the molecule is NC(=S=O)c1cccnc1. The number of nitrogens with two attached hydrogens (primary N) is 1. The van der Waals surface area contributed by atoms with Crippen molar-refractivity contribution in [3.8, 4) is 0 Å². The lowest BCUT2D eigenvalue weighted by Crippen LogP contribution is -2.12. The Labute approximate surface area is 62.0 Å². The highest BCUT2D eigenvalue weighted by Gasteiger charge is 1.92. The smallest absolute Gasteiger partial charge is 0.116 e. The fourth-order valence-corrected chi connectivity index (χ4v) is 0.774. The topological polar surface area (TPSA) is 56.0 Å². The van der Waals surface area contributed by atoms with E-state index in [2.05, 4.69) is 4.98 Å². The molecule has 1 aromatic rings. The second kappa shape index (κ2) is 3.24. The van der Waals surface area contributed by atoms with Crippen LogP contribution in [0.25, 0.3) is 0 Å². The van der Waals surface area contributed by atoms with Crippen LogP contribution in [0.5, 0.6) is 0 Å². The van der Waals surface area contributed by atoms with E-state index in [1.54, 1.807) is 24.5 Å². The first-order valence-electron chi connectivity index (χ1n) is 2.67. The molecule has 52 valence electrons. The van der Waals surface area contributed by atoms with Crippen LogP contribution in [0.1, 0.15) is 5.56 Å². The highest BCUT2D eigenvalue weighted by molar-refractivity contribution is 7.66. The molecule has 0 bridgehead atoms. The highest BCUT2D eigenvalue weighted by Crippen LogP contribution is 1.91. The van der Waals surface area contributed by atoms with Gasteiger partial charge < -0.3 is 0 Å². The summed E-state index contributed by atoms with van der Waals surface area (Å²) in [5.41, 5.74) is 6.00. The van der Waals surface area contributed by atoms with Gasteiger partial charge in [-0.2, -0.15) is 0 Å². The number of rotatable bonds is 1. The lowest BCUT2D eigenvalue weighted by molar-refractivity contribution is 0.701. The summed E-state index contributed by atoms with van der Waals surface area (Å²) in [4.78, 5) is 4.06. The van der Waals surface area contributed by atoms with Gasteiger partial charge in [0, 0.05) is 18.0 Å². The van der Waals surface area contributed by atoms with Crippen LogP contribution in [0.4, 0.5) is 0 Å². The molecule has 0 aromatic carbocycles. The van der Waals surface area contributed by atoms with E-state index < -0.39 is 0 Å². The van der Waals surface area contributed by atoms with E-state index >= 15 is 0 Å². The van der Waals surface area contributed by atoms with Crippen LogP contribution in [0.15, 0.2) is 24.5 Å². The van der Waals surface area contributed by atoms with E-state index in [-0.39, 0.29) is 16.2 Å². The number of aromatic nitrogens is 1. The van der Waals surface area contributed by atoms with E-state index in [9.17, 15) is 4.21 Å². The minimum atomic E-state index is 0.258. The largest absolute Gasteiger partial charge is 0.291 e. The van der Waals surface area contributed by atoms with Gasteiger partial charge in [0.1, 0.15) is 16.2 Å². The van der Waals surface area contributed by atoms with Crippen LogP contribution in [-0.2, 0) is 11.3 Å². The monoisotopic (exact) mass is 154 g/mol. The standard InChI is InChI=1S/C6H6N2OS/c7-6(10-9)5-2-1-3-8-4-5/h1-4H,7H2. The maximum Gasteiger partial charge on any atom is 0.116 e. The molecule has 0 aliphatic rings.